The molecular weight excluding hydrogens is 444 g/mol. The molecule has 5 nitrogen and oxygen atoms in total. The van der Waals surface area contributed by atoms with E-state index in [0.29, 0.717) is 24.3 Å². The van der Waals surface area contributed by atoms with Crippen LogP contribution in [0.4, 0.5) is 5.82 Å². The Labute approximate surface area is 213 Å². The van der Waals surface area contributed by atoms with E-state index in [1.54, 1.807) is 0 Å². The molecule has 0 bridgehead atoms. The molecule has 1 fully saturated rings. The summed E-state index contributed by atoms with van der Waals surface area (Å²) in [7, 11) is 0. The molecule has 3 aromatic carbocycles. The Hall–Kier alpha value is -3.70. The van der Waals surface area contributed by atoms with Crippen LogP contribution in [0.1, 0.15) is 42.6 Å². The van der Waals surface area contributed by atoms with Gasteiger partial charge in [-0.25, -0.2) is 9.97 Å². The van der Waals surface area contributed by atoms with E-state index < -0.39 is 0 Å². The molecule has 0 saturated heterocycles. The summed E-state index contributed by atoms with van der Waals surface area (Å²) in [5.41, 5.74) is 9.11. The SMILES string of the molecule is NCC1CCCC(CNc2nc(C=Cc3ccc(OCc4ccccc4)cc3)nc3ccccc23)C1. The Morgan fingerprint density at radius 3 is 2.47 bits per heavy atom. The molecule has 1 aromatic heterocycles. The van der Waals surface area contributed by atoms with Gasteiger partial charge in [0.05, 0.1) is 5.52 Å². The summed E-state index contributed by atoms with van der Waals surface area (Å²) >= 11 is 0. The van der Waals surface area contributed by atoms with Crippen molar-refractivity contribution in [2.45, 2.75) is 32.3 Å². The maximum atomic E-state index is 5.94. The number of anilines is 1. The summed E-state index contributed by atoms with van der Waals surface area (Å²) in [5.74, 6) is 3.75. The Kier molecular flexibility index (Phi) is 7.89. The molecule has 36 heavy (non-hydrogen) atoms. The van der Waals surface area contributed by atoms with Crippen LogP contribution in [0.25, 0.3) is 23.1 Å². The average molecular weight is 479 g/mol. The van der Waals surface area contributed by atoms with Gasteiger partial charge in [-0.2, -0.15) is 0 Å². The van der Waals surface area contributed by atoms with Crippen molar-refractivity contribution < 1.29 is 4.74 Å². The lowest BCUT2D eigenvalue weighted by atomic mass is 9.81. The zero-order valence-corrected chi connectivity index (χ0v) is 20.6. The van der Waals surface area contributed by atoms with Gasteiger partial charge in [-0.3, -0.25) is 0 Å². The topological polar surface area (TPSA) is 73.1 Å². The fraction of sp³-hybridized carbons (Fsp3) is 0.290. The van der Waals surface area contributed by atoms with Crippen molar-refractivity contribution in [2.24, 2.45) is 17.6 Å². The third-order valence-electron chi connectivity index (χ3n) is 6.96. The standard InChI is InChI=1S/C31H34N4O/c32-20-25-9-6-10-26(19-25)21-33-31-28-11-4-5-12-29(28)34-30(35-31)18-15-23-13-16-27(17-14-23)36-22-24-7-2-1-3-8-24/h1-5,7-8,11-18,25-26H,6,9-10,19-22,32H2,(H,33,34,35). The Morgan fingerprint density at radius 2 is 1.64 bits per heavy atom. The molecule has 1 heterocycles. The van der Waals surface area contributed by atoms with Crippen LogP contribution in [-0.4, -0.2) is 23.1 Å². The van der Waals surface area contributed by atoms with Crippen LogP contribution in [0.3, 0.4) is 0 Å². The van der Waals surface area contributed by atoms with E-state index in [1.807, 2.05) is 72.8 Å². The van der Waals surface area contributed by atoms with Crippen molar-refractivity contribution in [3.05, 3.63) is 95.8 Å². The zero-order chi connectivity index (χ0) is 24.6. The molecule has 3 N–H and O–H groups in total. The second-order valence-corrected chi connectivity index (χ2v) is 9.64. The average Bonchev–Trinajstić information content (AvgIpc) is 2.95. The van der Waals surface area contributed by atoms with Crippen molar-refractivity contribution in [1.29, 1.82) is 0 Å². The maximum absolute atomic E-state index is 5.94. The van der Waals surface area contributed by atoms with E-state index in [0.717, 1.165) is 46.7 Å². The van der Waals surface area contributed by atoms with Crippen LogP contribution in [0.2, 0.25) is 0 Å². The second kappa shape index (κ2) is 11.8. The molecule has 0 radical (unpaired) electrons. The number of hydrogen-bond donors (Lipinski definition) is 2. The maximum Gasteiger partial charge on any atom is 0.154 e. The van der Waals surface area contributed by atoms with Gasteiger partial charge in [-0.1, -0.05) is 67.1 Å². The molecule has 1 aliphatic carbocycles. The van der Waals surface area contributed by atoms with Crippen LogP contribution in [0.5, 0.6) is 5.75 Å². The normalized spacial score (nSPS) is 17.9. The molecule has 5 rings (SSSR count). The minimum Gasteiger partial charge on any atom is -0.489 e. The summed E-state index contributed by atoms with van der Waals surface area (Å²) in [6, 6.07) is 26.5. The molecule has 2 unspecified atom stereocenters. The number of rotatable bonds is 9. The number of benzene rings is 3. The Balaban J connectivity index is 1.26. The third kappa shape index (κ3) is 6.29. The molecule has 1 saturated carbocycles. The fourth-order valence-electron chi connectivity index (χ4n) is 4.93. The smallest absolute Gasteiger partial charge is 0.154 e. The van der Waals surface area contributed by atoms with E-state index in [-0.39, 0.29) is 0 Å². The number of nitrogens with zero attached hydrogens (tertiary/aromatic N) is 2. The number of hydrogen-bond acceptors (Lipinski definition) is 5. The van der Waals surface area contributed by atoms with Crippen molar-refractivity contribution in [3.8, 4) is 5.75 Å². The number of nitrogens with two attached hydrogens (primary N) is 1. The van der Waals surface area contributed by atoms with Gasteiger partial charge in [0.25, 0.3) is 0 Å². The molecule has 184 valence electrons. The fourth-order valence-corrected chi connectivity index (χ4v) is 4.93. The summed E-state index contributed by atoms with van der Waals surface area (Å²) in [5, 5.41) is 4.69. The van der Waals surface area contributed by atoms with Gasteiger partial charge in [-0.15, -0.1) is 0 Å². The van der Waals surface area contributed by atoms with Crippen molar-refractivity contribution >= 4 is 28.9 Å². The predicted molar refractivity (Wildman–Crippen MR) is 149 cm³/mol. The minimum atomic E-state index is 0.560. The lowest BCUT2D eigenvalue weighted by molar-refractivity contribution is 0.281. The van der Waals surface area contributed by atoms with Gasteiger partial charge >= 0.3 is 0 Å². The molecule has 0 amide bonds. The number of para-hydroxylation sites is 1. The summed E-state index contributed by atoms with van der Waals surface area (Å²) in [6.45, 7) is 2.28. The first-order valence-electron chi connectivity index (χ1n) is 12.9. The number of fused-ring (bicyclic) bond motifs is 1. The lowest BCUT2D eigenvalue weighted by Crippen LogP contribution is -2.26. The van der Waals surface area contributed by atoms with Crippen LogP contribution in [-0.2, 0) is 6.61 Å². The summed E-state index contributed by atoms with van der Waals surface area (Å²) < 4.78 is 5.90. The van der Waals surface area contributed by atoms with Crippen LogP contribution in [0, 0.1) is 11.8 Å². The largest absolute Gasteiger partial charge is 0.489 e. The Bertz CT molecular complexity index is 1290. The molecular formula is C31H34N4O. The highest BCUT2D eigenvalue weighted by atomic mass is 16.5. The first kappa shape index (κ1) is 24.0. The second-order valence-electron chi connectivity index (χ2n) is 9.64. The van der Waals surface area contributed by atoms with Crippen molar-refractivity contribution in [1.82, 2.24) is 9.97 Å². The number of aromatic nitrogens is 2. The lowest BCUT2D eigenvalue weighted by Gasteiger charge is -2.28. The molecule has 4 aromatic rings. The molecule has 2 atom stereocenters. The van der Waals surface area contributed by atoms with E-state index in [1.165, 1.54) is 25.7 Å². The molecule has 0 aliphatic heterocycles. The van der Waals surface area contributed by atoms with Crippen LogP contribution in [0.15, 0.2) is 78.9 Å². The van der Waals surface area contributed by atoms with Gasteiger partial charge in [0, 0.05) is 11.9 Å². The predicted octanol–water partition coefficient (Wildman–Crippen LogP) is 6.56. The van der Waals surface area contributed by atoms with Gasteiger partial charge in [-0.05, 0) is 79.1 Å². The van der Waals surface area contributed by atoms with Gasteiger partial charge in [0.2, 0.25) is 0 Å². The van der Waals surface area contributed by atoms with Gasteiger partial charge in [0.1, 0.15) is 18.2 Å². The van der Waals surface area contributed by atoms with E-state index >= 15 is 0 Å². The molecule has 0 spiro atoms. The van der Waals surface area contributed by atoms with Crippen molar-refractivity contribution in [2.75, 3.05) is 18.4 Å². The Morgan fingerprint density at radius 1 is 0.861 bits per heavy atom. The minimum absolute atomic E-state index is 0.560. The molecule has 1 aliphatic rings. The van der Waals surface area contributed by atoms with Gasteiger partial charge < -0.3 is 15.8 Å². The van der Waals surface area contributed by atoms with E-state index in [4.69, 9.17) is 20.4 Å². The van der Waals surface area contributed by atoms with Gasteiger partial charge in [0.15, 0.2) is 5.82 Å². The first-order valence-corrected chi connectivity index (χ1v) is 12.9. The summed E-state index contributed by atoms with van der Waals surface area (Å²) in [6.07, 6.45) is 9.00. The quantitative estimate of drug-likeness (QED) is 0.285. The van der Waals surface area contributed by atoms with E-state index in [2.05, 4.69) is 23.5 Å². The number of nitrogens with one attached hydrogen (secondary N) is 1. The van der Waals surface area contributed by atoms with Crippen LogP contribution < -0.4 is 15.8 Å². The highest BCUT2D eigenvalue weighted by Crippen LogP contribution is 2.29. The van der Waals surface area contributed by atoms with Crippen molar-refractivity contribution in [3.63, 3.8) is 0 Å². The zero-order valence-electron chi connectivity index (χ0n) is 20.6. The summed E-state index contributed by atoms with van der Waals surface area (Å²) in [4.78, 5) is 9.63. The highest BCUT2D eigenvalue weighted by Gasteiger charge is 2.21. The first-order chi connectivity index (χ1) is 17.8. The van der Waals surface area contributed by atoms with E-state index in [9.17, 15) is 0 Å². The monoisotopic (exact) mass is 478 g/mol. The van der Waals surface area contributed by atoms with Crippen LogP contribution >= 0.6 is 0 Å². The highest BCUT2D eigenvalue weighted by molar-refractivity contribution is 5.90. The number of ether oxygens (including phenoxy) is 1. The molecule has 5 heteroatoms. The third-order valence-corrected chi connectivity index (χ3v) is 6.96.